The predicted molar refractivity (Wildman–Crippen MR) is 135 cm³/mol. The number of amides is 1. The van der Waals surface area contributed by atoms with Gasteiger partial charge in [-0.3, -0.25) is 4.79 Å². The lowest BCUT2D eigenvalue weighted by atomic mass is 10.1. The molecule has 9 heteroatoms. The highest BCUT2D eigenvalue weighted by Crippen LogP contribution is 2.22. The number of benzene rings is 1. The van der Waals surface area contributed by atoms with Gasteiger partial charge in [0.1, 0.15) is 12.1 Å². The largest absolute Gasteiger partial charge is 0.378 e. The molecule has 35 heavy (non-hydrogen) atoms. The van der Waals surface area contributed by atoms with E-state index in [0.29, 0.717) is 26.1 Å². The second-order valence-corrected chi connectivity index (χ2v) is 9.10. The zero-order valence-corrected chi connectivity index (χ0v) is 20.6. The Morgan fingerprint density at radius 2 is 1.63 bits per heavy atom. The Morgan fingerprint density at radius 1 is 0.914 bits per heavy atom. The van der Waals surface area contributed by atoms with E-state index in [1.54, 1.807) is 6.33 Å². The van der Waals surface area contributed by atoms with Crippen LogP contribution >= 0.6 is 0 Å². The first-order valence-corrected chi connectivity index (χ1v) is 12.4. The highest BCUT2D eigenvalue weighted by Gasteiger charge is 2.23. The van der Waals surface area contributed by atoms with Gasteiger partial charge in [-0.05, 0) is 38.0 Å². The number of ether oxygens (including phenoxy) is 1. The van der Waals surface area contributed by atoms with Crippen molar-refractivity contribution in [2.45, 2.75) is 26.7 Å². The Morgan fingerprint density at radius 3 is 2.37 bits per heavy atom. The summed E-state index contributed by atoms with van der Waals surface area (Å²) in [4.78, 5) is 28.4. The highest BCUT2D eigenvalue weighted by molar-refractivity contribution is 5.77. The highest BCUT2D eigenvalue weighted by atomic mass is 16.5. The molecular weight excluding hydrogens is 442 g/mol. The molecule has 0 radical (unpaired) electrons. The van der Waals surface area contributed by atoms with Gasteiger partial charge in [-0.15, -0.1) is 0 Å². The molecule has 0 saturated carbocycles. The molecule has 2 saturated heterocycles. The number of carbonyl (C=O) groups excluding carboxylic acids is 1. The number of piperazine rings is 1. The van der Waals surface area contributed by atoms with Gasteiger partial charge in [0.25, 0.3) is 0 Å². The van der Waals surface area contributed by atoms with Gasteiger partial charge in [0.2, 0.25) is 5.91 Å². The van der Waals surface area contributed by atoms with Crippen molar-refractivity contribution in [1.29, 1.82) is 0 Å². The van der Waals surface area contributed by atoms with Gasteiger partial charge in [-0.1, -0.05) is 18.2 Å². The van der Waals surface area contributed by atoms with E-state index < -0.39 is 0 Å². The topological polar surface area (TPSA) is 79.6 Å². The average Bonchev–Trinajstić information content (AvgIpc) is 3.21. The minimum Gasteiger partial charge on any atom is -0.378 e. The van der Waals surface area contributed by atoms with Crippen LogP contribution in [0.4, 0.5) is 11.5 Å². The van der Waals surface area contributed by atoms with Gasteiger partial charge in [0, 0.05) is 63.1 Å². The first-order valence-electron chi connectivity index (χ1n) is 12.4. The Labute approximate surface area is 206 Å². The first kappa shape index (κ1) is 23.3. The zero-order valence-electron chi connectivity index (χ0n) is 20.6. The standard InChI is InChI=1S/C26H33N7O2/c1-20-23(8-9-26(34)32-12-10-30(11-13-32)22-6-4-3-5-7-22)21(2)33(29-20)25-18-24(27-19-28-25)31-14-16-35-17-15-31/h3-7,18-19H,8-17H2,1-2H3. The third kappa shape index (κ3) is 5.14. The van der Waals surface area contributed by atoms with Crippen LogP contribution in [0, 0.1) is 13.8 Å². The van der Waals surface area contributed by atoms with Crippen molar-refractivity contribution in [2.75, 3.05) is 62.3 Å². The van der Waals surface area contributed by atoms with Crippen molar-refractivity contribution in [3.05, 3.63) is 59.7 Å². The van der Waals surface area contributed by atoms with E-state index in [1.807, 2.05) is 28.6 Å². The summed E-state index contributed by atoms with van der Waals surface area (Å²) < 4.78 is 7.33. The molecule has 2 aliphatic heterocycles. The second-order valence-electron chi connectivity index (χ2n) is 9.10. The van der Waals surface area contributed by atoms with E-state index in [9.17, 15) is 4.79 Å². The molecule has 2 aromatic heterocycles. The maximum atomic E-state index is 13.0. The van der Waals surface area contributed by atoms with Gasteiger partial charge in [0.15, 0.2) is 5.82 Å². The van der Waals surface area contributed by atoms with Crippen LogP contribution in [0.15, 0.2) is 42.7 Å². The van der Waals surface area contributed by atoms with E-state index in [1.165, 1.54) is 5.69 Å². The molecule has 2 fully saturated rings. The first-order chi connectivity index (χ1) is 17.1. The Bertz CT molecular complexity index is 1150. The number of aromatic nitrogens is 4. The van der Waals surface area contributed by atoms with Crippen molar-refractivity contribution in [1.82, 2.24) is 24.6 Å². The molecule has 5 rings (SSSR count). The number of aryl methyl sites for hydroxylation is 1. The molecule has 3 aromatic rings. The number of nitrogens with zero attached hydrogens (tertiary/aromatic N) is 7. The number of rotatable bonds is 6. The van der Waals surface area contributed by atoms with Gasteiger partial charge in [-0.25, -0.2) is 14.6 Å². The minimum absolute atomic E-state index is 0.209. The van der Waals surface area contributed by atoms with E-state index in [-0.39, 0.29) is 5.91 Å². The summed E-state index contributed by atoms with van der Waals surface area (Å²) in [5, 5.41) is 4.75. The number of anilines is 2. The van der Waals surface area contributed by atoms with Crippen LogP contribution in [-0.4, -0.2) is 83.0 Å². The number of hydrogen-bond acceptors (Lipinski definition) is 7. The molecule has 1 aromatic carbocycles. The lowest BCUT2D eigenvalue weighted by molar-refractivity contribution is -0.131. The fourth-order valence-corrected chi connectivity index (χ4v) is 4.92. The lowest BCUT2D eigenvalue weighted by Gasteiger charge is -2.36. The van der Waals surface area contributed by atoms with Crippen LogP contribution in [0.2, 0.25) is 0 Å². The van der Waals surface area contributed by atoms with E-state index >= 15 is 0 Å². The van der Waals surface area contributed by atoms with Crippen molar-refractivity contribution in [3.63, 3.8) is 0 Å². The third-order valence-electron chi connectivity index (χ3n) is 6.97. The summed E-state index contributed by atoms with van der Waals surface area (Å²) >= 11 is 0. The normalized spacial score (nSPS) is 16.6. The molecule has 1 amide bonds. The van der Waals surface area contributed by atoms with Crippen molar-refractivity contribution in [2.24, 2.45) is 0 Å². The van der Waals surface area contributed by atoms with Crippen molar-refractivity contribution < 1.29 is 9.53 Å². The second kappa shape index (κ2) is 10.4. The van der Waals surface area contributed by atoms with E-state index in [4.69, 9.17) is 9.84 Å². The molecule has 0 atom stereocenters. The molecule has 9 nitrogen and oxygen atoms in total. The fraction of sp³-hybridized carbons (Fsp3) is 0.462. The van der Waals surface area contributed by atoms with Crippen molar-refractivity contribution in [3.8, 4) is 5.82 Å². The Balaban J connectivity index is 1.21. The Hall–Kier alpha value is -3.46. The molecule has 4 heterocycles. The maximum absolute atomic E-state index is 13.0. The van der Waals surface area contributed by atoms with Gasteiger partial charge >= 0.3 is 0 Å². The SMILES string of the molecule is Cc1nn(-c2cc(N3CCOCC3)ncn2)c(C)c1CCC(=O)N1CCN(c2ccccc2)CC1. The average molecular weight is 476 g/mol. The number of morpholine rings is 1. The summed E-state index contributed by atoms with van der Waals surface area (Å²) in [6, 6.07) is 12.4. The zero-order chi connectivity index (χ0) is 24.2. The van der Waals surface area contributed by atoms with Crippen LogP contribution in [0.5, 0.6) is 0 Å². The van der Waals surface area contributed by atoms with Crippen molar-refractivity contribution >= 4 is 17.4 Å². The summed E-state index contributed by atoms with van der Waals surface area (Å²) in [6.45, 7) is 10.4. The summed E-state index contributed by atoms with van der Waals surface area (Å²) in [7, 11) is 0. The van der Waals surface area contributed by atoms with Crippen LogP contribution < -0.4 is 9.80 Å². The fourth-order valence-electron chi connectivity index (χ4n) is 4.92. The van der Waals surface area contributed by atoms with Crippen LogP contribution in [-0.2, 0) is 16.0 Å². The number of hydrogen-bond donors (Lipinski definition) is 0. The molecule has 0 bridgehead atoms. The minimum atomic E-state index is 0.209. The number of carbonyl (C=O) groups is 1. The quantitative estimate of drug-likeness (QED) is 0.542. The monoisotopic (exact) mass is 475 g/mol. The smallest absolute Gasteiger partial charge is 0.223 e. The number of para-hydroxylation sites is 1. The van der Waals surface area contributed by atoms with Gasteiger partial charge in [0.05, 0.1) is 18.9 Å². The predicted octanol–water partition coefficient (Wildman–Crippen LogP) is 2.40. The van der Waals surface area contributed by atoms with Gasteiger partial charge in [-0.2, -0.15) is 5.10 Å². The summed E-state index contributed by atoms with van der Waals surface area (Å²) in [5.41, 5.74) is 4.30. The summed E-state index contributed by atoms with van der Waals surface area (Å²) in [5.74, 6) is 1.84. The molecule has 184 valence electrons. The molecule has 2 aliphatic rings. The van der Waals surface area contributed by atoms with E-state index in [2.05, 4.69) is 51.0 Å². The molecule has 0 aliphatic carbocycles. The molecule has 0 unspecified atom stereocenters. The lowest BCUT2D eigenvalue weighted by Crippen LogP contribution is -2.48. The van der Waals surface area contributed by atoms with Gasteiger partial charge < -0.3 is 19.4 Å². The Kier molecular flexibility index (Phi) is 6.94. The third-order valence-corrected chi connectivity index (χ3v) is 6.97. The van der Waals surface area contributed by atoms with Crippen LogP contribution in [0.25, 0.3) is 5.82 Å². The molecule has 0 N–H and O–H groups in total. The molecular formula is C26H33N7O2. The van der Waals surface area contributed by atoms with E-state index in [0.717, 1.165) is 67.9 Å². The molecule has 0 spiro atoms. The van der Waals surface area contributed by atoms with Crippen LogP contribution in [0.1, 0.15) is 23.4 Å². The van der Waals surface area contributed by atoms with Crippen LogP contribution in [0.3, 0.4) is 0 Å². The summed E-state index contributed by atoms with van der Waals surface area (Å²) in [6.07, 6.45) is 2.76. The maximum Gasteiger partial charge on any atom is 0.223 e.